The second-order valence-corrected chi connectivity index (χ2v) is 24.2. The fourth-order valence-corrected chi connectivity index (χ4v) is 6.31. The van der Waals surface area contributed by atoms with E-state index in [1.54, 1.807) is 0 Å². The van der Waals surface area contributed by atoms with E-state index in [4.69, 9.17) is 4.74 Å². The maximum absolute atomic E-state index is 12.8. The maximum atomic E-state index is 12.8. The number of hydrogen-bond acceptors (Lipinski definition) is 5. The van der Waals surface area contributed by atoms with Gasteiger partial charge in [0.2, 0.25) is 0 Å². The van der Waals surface area contributed by atoms with Crippen molar-refractivity contribution in [1.82, 2.24) is 15.1 Å². The topological polar surface area (TPSA) is 58.6 Å². The molecule has 2 heterocycles. The van der Waals surface area contributed by atoms with Crippen molar-refractivity contribution in [1.29, 1.82) is 0 Å². The van der Waals surface area contributed by atoms with E-state index in [-0.39, 0.29) is 12.1 Å². The summed E-state index contributed by atoms with van der Waals surface area (Å²) in [5, 5.41) is 9.00. The van der Waals surface area contributed by atoms with E-state index in [1.165, 1.54) is 10.1 Å². The molecular formula is C20H34N4O2Sn. The van der Waals surface area contributed by atoms with Crippen molar-refractivity contribution >= 4 is 34.0 Å². The van der Waals surface area contributed by atoms with Crippen LogP contribution in [0.1, 0.15) is 46.5 Å². The Labute approximate surface area is 167 Å². The van der Waals surface area contributed by atoms with Gasteiger partial charge in [0, 0.05) is 0 Å². The first-order chi connectivity index (χ1) is 12.5. The molecule has 0 N–H and O–H groups in total. The van der Waals surface area contributed by atoms with E-state index in [0.29, 0.717) is 6.04 Å². The Morgan fingerprint density at radius 2 is 1.85 bits per heavy atom. The minimum atomic E-state index is -2.17. The summed E-state index contributed by atoms with van der Waals surface area (Å²) in [6.07, 6.45) is 4.16. The molecule has 0 spiro atoms. The number of amides is 1. The molecule has 0 bridgehead atoms. The van der Waals surface area contributed by atoms with Crippen LogP contribution in [0, 0.1) is 0 Å². The molecule has 1 aliphatic heterocycles. The molecule has 0 radical (unpaired) electrons. The quantitative estimate of drug-likeness (QED) is 0.618. The van der Waals surface area contributed by atoms with Gasteiger partial charge < -0.3 is 0 Å². The summed E-state index contributed by atoms with van der Waals surface area (Å²) in [6, 6.07) is 4.78. The number of nitrogens with zero attached hydrogens (tertiary/aromatic N) is 4. The molecule has 0 unspecified atom stereocenters. The molecule has 1 aromatic heterocycles. The summed E-state index contributed by atoms with van der Waals surface area (Å²) in [7, 11) is 0. The van der Waals surface area contributed by atoms with Gasteiger partial charge in [-0.2, -0.15) is 0 Å². The molecule has 150 valence electrons. The van der Waals surface area contributed by atoms with Crippen LogP contribution in [0.15, 0.2) is 12.1 Å². The zero-order valence-corrected chi connectivity index (χ0v) is 20.5. The number of ether oxygens (including phenoxy) is 1. The standard InChI is InChI=1S/C17H25N4O2.3CH3.Sn/c1-17(2,3)23-16(22)21(13-6-4-7-13)14-9-11-20(12-14)15-8-5-10-18-19-15;;;;/h5,8,13-14H,4,6-7,9,11-12H2,1-3H3;3*1H3;/t14-;;;;/m1..../s1. The van der Waals surface area contributed by atoms with E-state index in [0.717, 1.165) is 38.2 Å². The van der Waals surface area contributed by atoms with E-state index in [9.17, 15) is 4.79 Å². The third kappa shape index (κ3) is 5.06. The predicted molar refractivity (Wildman–Crippen MR) is 111 cm³/mol. The van der Waals surface area contributed by atoms with Gasteiger partial charge in [0.15, 0.2) is 0 Å². The van der Waals surface area contributed by atoms with Crippen LogP contribution in [-0.2, 0) is 4.74 Å². The second kappa shape index (κ2) is 7.76. The summed E-state index contributed by atoms with van der Waals surface area (Å²) >= 11 is -2.17. The molecule has 6 nitrogen and oxygen atoms in total. The molecule has 0 aromatic carbocycles. The summed E-state index contributed by atoms with van der Waals surface area (Å²) in [5.41, 5.74) is -0.461. The number of hydrogen-bond donors (Lipinski definition) is 0. The van der Waals surface area contributed by atoms with Crippen molar-refractivity contribution in [3.05, 3.63) is 12.1 Å². The zero-order valence-electron chi connectivity index (χ0n) is 17.7. The number of carbonyl (C=O) groups excluding carboxylic acids is 1. The van der Waals surface area contributed by atoms with Gasteiger partial charge in [-0.3, -0.25) is 0 Å². The summed E-state index contributed by atoms with van der Waals surface area (Å²) in [4.78, 5) is 24.2. The van der Waals surface area contributed by atoms with Crippen LogP contribution in [0.4, 0.5) is 10.6 Å². The molecule has 1 aliphatic carbocycles. The van der Waals surface area contributed by atoms with Crippen LogP contribution in [0.3, 0.4) is 0 Å². The first-order valence-corrected chi connectivity index (χ1v) is 20.1. The first-order valence-electron chi connectivity index (χ1n) is 10.1. The van der Waals surface area contributed by atoms with Gasteiger partial charge in [-0.05, 0) is 0 Å². The van der Waals surface area contributed by atoms with Crippen LogP contribution in [0.5, 0.6) is 0 Å². The zero-order chi connectivity index (χ0) is 19.8. The average molecular weight is 481 g/mol. The van der Waals surface area contributed by atoms with Gasteiger partial charge in [-0.25, -0.2) is 0 Å². The molecule has 27 heavy (non-hydrogen) atoms. The Bertz CT molecular complexity index is 662. The van der Waals surface area contributed by atoms with Gasteiger partial charge in [0.05, 0.1) is 0 Å². The van der Waals surface area contributed by atoms with E-state index < -0.39 is 24.0 Å². The summed E-state index contributed by atoms with van der Waals surface area (Å²) < 4.78 is 6.91. The van der Waals surface area contributed by atoms with E-state index in [1.807, 2.05) is 25.7 Å². The molecule has 1 atom stereocenters. The Balaban J connectivity index is 1.69. The van der Waals surface area contributed by atoms with E-state index >= 15 is 0 Å². The van der Waals surface area contributed by atoms with Crippen LogP contribution >= 0.6 is 0 Å². The Kier molecular flexibility index (Phi) is 5.94. The Morgan fingerprint density at radius 3 is 2.33 bits per heavy atom. The SMILES string of the molecule is CC(C)(C)OC(=O)N(C1CCC1)[C@@H]1CCN(c2cc[c]([Sn]([CH3])([CH3])[CH3])nn2)C1. The van der Waals surface area contributed by atoms with Crippen LogP contribution in [-0.4, -0.2) is 70.3 Å². The molecule has 1 amide bonds. The number of rotatable bonds is 4. The number of carbonyl (C=O) groups is 1. The van der Waals surface area contributed by atoms with Crippen LogP contribution in [0.25, 0.3) is 0 Å². The molecule has 7 heteroatoms. The van der Waals surface area contributed by atoms with Gasteiger partial charge in [-0.15, -0.1) is 0 Å². The number of anilines is 1. The van der Waals surface area contributed by atoms with Gasteiger partial charge in [-0.1, -0.05) is 0 Å². The monoisotopic (exact) mass is 482 g/mol. The molecular weight excluding hydrogens is 447 g/mol. The Hall–Kier alpha value is -1.05. The molecule has 1 saturated carbocycles. The molecule has 1 aromatic rings. The summed E-state index contributed by atoms with van der Waals surface area (Å²) in [5.74, 6) is 0.925. The average Bonchev–Trinajstić information content (AvgIpc) is 2.97. The fraction of sp³-hybridized carbons (Fsp3) is 0.750. The van der Waals surface area contributed by atoms with Gasteiger partial charge in [0.25, 0.3) is 0 Å². The number of aromatic nitrogens is 2. The Morgan fingerprint density at radius 1 is 1.15 bits per heavy atom. The van der Waals surface area contributed by atoms with Gasteiger partial charge in [0.1, 0.15) is 0 Å². The normalized spacial score (nSPS) is 21.1. The van der Waals surface area contributed by atoms with E-state index in [2.05, 4.69) is 42.0 Å². The van der Waals surface area contributed by atoms with Crippen molar-refractivity contribution in [2.24, 2.45) is 0 Å². The van der Waals surface area contributed by atoms with Crippen molar-refractivity contribution in [3.63, 3.8) is 0 Å². The fourth-order valence-electron chi connectivity index (χ4n) is 3.65. The van der Waals surface area contributed by atoms with Crippen LogP contribution < -0.4 is 8.61 Å². The van der Waals surface area contributed by atoms with Crippen molar-refractivity contribution < 1.29 is 9.53 Å². The summed E-state index contributed by atoms with van der Waals surface area (Å²) in [6.45, 7) is 7.51. The van der Waals surface area contributed by atoms with Gasteiger partial charge >= 0.3 is 168 Å². The predicted octanol–water partition coefficient (Wildman–Crippen LogP) is 3.39. The third-order valence-electron chi connectivity index (χ3n) is 5.37. The second-order valence-electron chi connectivity index (χ2n) is 9.89. The molecule has 1 saturated heterocycles. The van der Waals surface area contributed by atoms with Crippen LogP contribution in [0.2, 0.25) is 14.8 Å². The molecule has 3 rings (SSSR count). The minimum absolute atomic E-state index is 0.165. The van der Waals surface area contributed by atoms with Crippen molar-refractivity contribution in [3.8, 4) is 0 Å². The first kappa shape index (κ1) is 20.7. The molecule has 2 aliphatic rings. The van der Waals surface area contributed by atoms with Crippen molar-refractivity contribution in [2.45, 2.75) is 79.0 Å². The van der Waals surface area contributed by atoms with Crippen molar-refractivity contribution in [2.75, 3.05) is 18.0 Å². The third-order valence-corrected chi connectivity index (χ3v) is 10.5. The molecule has 2 fully saturated rings.